The maximum absolute atomic E-state index is 13.8. The van der Waals surface area contributed by atoms with Gasteiger partial charge in [-0.3, -0.25) is 4.98 Å². The average molecular weight is 571 g/mol. The van der Waals surface area contributed by atoms with E-state index in [2.05, 4.69) is 10.3 Å². The van der Waals surface area contributed by atoms with Crippen LogP contribution in [0.25, 0.3) is 22.0 Å². The van der Waals surface area contributed by atoms with Crippen molar-refractivity contribution >= 4 is 28.2 Å². The molecule has 5 aromatic rings. The van der Waals surface area contributed by atoms with E-state index < -0.39 is 23.5 Å². The molecule has 0 fully saturated rings. The van der Waals surface area contributed by atoms with Gasteiger partial charge in [-0.1, -0.05) is 78.3 Å². The molecule has 0 atom stereocenters. The van der Waals surface area contributed by atoms with Gasteiger partial charge in [-0.2, -0.15) is 26.3 Å². The molecule has 4 aromatic carbocycles. The summed E-state index contributed by atoms with van der Waals surface area (Å²) in [5, 5.41) is 3.06. The molecule has 0 spiro atoms. The predicted octanol–water partition coefficient (Wildman–Crippen LogP) is 9.80. The molecule has 0 amide bonds. The van der Waals surface area contributed by atoms with Crippen LogP contribution in [0.4, 0.5) is 32.0 Å². The van der Waals surface area contributed by atoms with Crippen LogP contribution in [0, 0.1) is 0 Å². The summed E-state index contributed by atoms with van der Waals surface area (Å²) in [6.45, 7) is 0.0123. The molecule has 0 saturated heterocycles. The zero-order valence-electron chi connectivity index (χ0n) is 20.7. The topological polar surface area (TPSA) is 24.9 Å². The molecule has 9 heteroatoms. The van der Waals surface area contributed by atoms with Crippen LogP contribution < -0.4 is 5.32 Å². The minimum atomic E-state index is -4.58. The van der Waals surface area contributed by atoms with Crippen molar-refractivity contribution in [2.24, 2.45) is 0 Å². The first-order chi connectivity index (χ1) is 19.0. The van der Waals surface area contributed by atoms with Gasteiger partial charge in [0, 0.05) is 23.8 Å². The van der Waals surface area contributed by atoms with Crippen molar-refractivity contribution in [3.05, 3.63) is 130 Å². The van der Waals surface area contributed by atoms with Crippen molar-refractivity contribution < 1.29 is 26.3 Å². The normalized spacial score (nSPS) is 12.1. The highest BCUT2D eigenvalue weighted by molar-refractivity contribution is 6.32. The molecule has 0 aliphatic carbocycles. The third-order valence-corrected chi connectivity index (χ3v) is 6.98. The fourth-order valence-electron chi connectivity index (χ4n) is 4.70. The molecule has 2 nitrogen and oxygen atoms in total. The Labute approximate surface area is 231 Å². The SMILES string of the molecule is FC(F)(F)c1cccc(CNc2cccc(-c3c(Cc4ccccc4)cnc4c(C(F)(F)F)cccc34)c2)c1Cl. The van der Waals surface area contributed by atoms with E-state index in [0.717, 1.165) is 23.3 Å². The van der Waals surface area contributed by atoms with Crippen LogP contribution in [0.5, 0.6) is 0 Å². The predicted molar refractivity (Wildman–Crippen MR) is 145 cm³/mol. The summed E-state index contributed by atoms with van der Waals surface area (Å²) in [5.41, 5.74) is 1.85. The first-order valence-electron chi connectivity index (χ1n) is 12.2. The number of pyridine rings is 1. The van der Waals surface area contributed by atoms with E-state index in [1.54, 1.807) is 30.3 Å². The second-order valence-electron chi connectivity index (χ2n) is 9.23. The molecule has 204 valence electrons. The van der Waals surface area contributed by atoms with Crippen molar-refractivity contribution in [2.45, 2.75) is 25.3 Å². The molecule has 0 saturated carbocycles. The summed E-state index contributed by atoms with van der Waals surface area (Å²) in [6.07, 6.45) is -7.26. The number of rotatable bonds is 6. The van der Waals surface area contributed by atoms with E-state index in [1.165, 1.54) is 24.4 Å². The summed E-state index contributed by atoms with van der Waals surface area (Å²) in [4.78, 5) is 4.22. The van der Waals surface area contributed by atoms with Crippen LogP contribution in [0.1, 0.15) is 27.8 Å². The van der Waals surface area contributed by atoms with Crippen LogP contribution in [0.2, 0.25) is 5.02 Å². The number of fused-ring (bicyclic) bond motifs is 1. The minimum Gasteiger partial charge on any atom is -0.381 e. The average Bonchev–Trinajstić information content (AvgIpc) is 2.91. The number of para-hydroxylation sites is 1. The van der Waals surface area contributed by atoms with Crippen molar-refractivity contribution in [1.29, 1.82) is 0 Å². The third kappa shape index (κ3) is 5.77. The number of hydrogen-bond donors (Lipinski definition) is 1. The number of benzene rings is 4. The second kappa shape index (κ2) is 10.8. The van der Waals surface area contributed by atoms with Gasteiger partial charge in [-0.15, -0.1) is 0 Å². The number of hydrogen-bond acceptors (Lipinski definition) is 2. The molecule has 5 rings (SSSR count). The number of halogens is 7. The third-order valence-electron chi connectivity index (χ3n) is 6.54. The molecule has 0 bridgehead atoms. The molecule has 0 aliphatic rings. The molecule has 1 N–H and O–H groups in total. The van der Waals surface area contributed by atoms with E-state index >= 15 is 0 Å². The molecule has 1 heterocycles. The Morgan fingerprint density at radius 2 is 1.38 bits per heavy atom. The van der Waals surface area contributed by atoms with Crippen LogP contribution in [-0.4, -0.2) is 4.98 Å². The minimum absolute atomic E-state index is 0.0123. The molecule has 0 aliphatic heterocycles. The Kier molecular flexibility index (Phi) is 7.47. The quantitative estimate of drug-likeness (QED) is 0.206. The monoisotopic (exact) mass is 570 g/mol. The number of nitrogens with zero attached hydrogens (tertiary/aromatic N) is 1. The van der Waals surface area contributed by atoms with Crippen molar-refractivity contribution in [2.75, 3.05) is 5.32 Å². The van der Waals surface area contributed by atoms with Gasteiger partial charge in [-0.05, 0) is 58.5 Å². The summed E-state index contributed by atoms with van der Waals surface area (Å²) in [5.74, 6) is 0. The first-order valence-corrected chi connectivity index (χ1v) is 12.6. The van der Waals surface area contributed by atoms with E-state index in [1.807, 2.05) is 30.3 Å². The summed E-state index contributed by atoms with van der Waals surface area (Å²) in [6, 6.07) is 24.2. The van der Waals surface area contributed by atoms with E-state index in [4.69, 9.17) is 11.6 Å². The van der Waals surface area contributed by atoms with Gasteiger partial charge in [-0.25, -0.2) is 0 Å². The number of nitrogens with one attached hydrogen (secondary N) is 1. The van der Waals surface area contributed by atoms with Crippen molar-refractivity contribution in [3.8, 4) is 11.1 Å². The zero-order valence-corrected chi connectivity index (χ0v) is 21.5. The van der Waals surface area contributed by atoms with Crippen LogP contribution in [0.3, 0.4) is 0 Å². The Bertz CT molecular complexity index is 1660. The largest absolute Gasteiger partial charge is 0.418 e. The fourth-order valence-corrected chi connectivity index (χ4v) is 5.00. The molecule has 0 unspecified atom stereocenters. The van der Waals surface area contributed by atoms with Gasteiger partial charge in [0.25, 0.3) is 0 Å². The molecular weight excluding hydrogens is 550 g/mol. The number of anilines is 1. The Morgan fingerprint density at radius 3 is 2.10 bits per heavy atom. The van der Waals surface area contributed by atoms with Gasteiger partial charge in [0.1, 0.15) is 0 Å². The number of aromatic nitrogens is 1. The van der Waals surface area contributed by atoms with E-state index in [-0.39, 0.29) is 22.6 Å². The lowest BCUT2D eigenvalue weighted by Gasteiger charge is -2.17. The van der Waals surface area contributed by atoms with Gasteiger partial charge in [0.2, 0.25) is 0 Å². The highest BCUT2D eigenvalue weighted by Gasteiger charge is 2.34. The van der Waals surface area contributed by atoms with Gasteiger partial charge >= 0.3 is 12.4 Å². The first kappa shape index (κ1) is 27.5. The standard InChI is InChI=1S/C31H21ClF6N2/c32-28-21(10-5-13-25(28)30(33,34)35)17-39-23-11-4-9-20(16-23)27-22(15-19-7-2-1-3-8-19)18-40-29-24(27)12-6-14-26(29)31(36,37)38/h1-14,16,18,39H,15,17H2. The number of alkyl halides is 6. The lowest BCUT2D eigenvalue weighted by molar-refractivity contribution is -0.138. The smallest absolute Gasteiger partial charge is 0.381 e. The van der Waals surface area contributed by atoms with Crippen LogP contribution in [-0.2, 0) is 25.3 Å². The van der Waals surface area contributed by atoms with Crippen molar-refractivity contribution in [3.63, 3.8) is 0 Å². The maximum atomic E-state index is 13.8. The zero-order chi connectivity index (χ0) is 28.5. The van der Waals surface area contributed by atoms with E-state index in [9.17, 15) is 26.3 Å². The van der Waals surface area contributed by atoms with Crippen molar-refractivity contribution in [1.82, 2.24) is 4.98 Å². The lowest BCUT2D eigenvalue weighted by atomic mass is 9.91. The Balaban J connectivity index is 1.57. The van der Waals surface area contributed by atoms with Crippen LogP contribution >= 0.6 is 11.6 Å². The van der Waals surface area contributed by atoms with E-state index in [0.29, 0.717) is 28.6 Å². The summed E-state index contributed by atoms with van der Waals surface area (Å²) < 4.78 is 81.3. The lowest BCUT2D eigenvalue weighted by Crippen LogP contribution is -2.09. The van der Waals surface area contributed by atoms with Gasteiger partial charge < -0.3 is 5.32 Å². The highest BCUT2D eigenvalue weighted by Crippen LogP contribution is 2.40. The fraction of sp³-hybridized carbons (Fsp3) is 0.129. The molecule has 40 heavy (non-hydrogen) atoms. The Morgan fingerprint density at radius 1 is 0.700 bits per heavy atom. The van der Waals surface area contributed by atoms with Crippen LogP contribution in [0.15, 0.2) is 97.2 Å². The Hall–Kier alpha value is -4.04. The molecule has 0 radical (unpaired) electrons. The highest BCUT2D eigenvalue weighted by atomic mass is 35.5. The summed E-state index contributed by atoms with van der Waals surface area (Å²) >= 11 is 6.04. The summed E-state index contributed by atoms with van der Waals surface area (Å²) in [7, 11) is 0. The molecule has 1 aromatic heterocycles. The maximum Gasteiger partial charge on any atom is 0.418 e. The molecular formula is C31H21ClF6N2. The van der Waals surface area contributed by atoms with Gasteiger partial charge in [0.05, 0.1) is 21.7 Å². The van der Waals surface area contributed by atoms with Gasteiger partial charge in [0.15, 0.2) is 0 Å². The second-order valence-corrected chi connectivity index (χ2v) is 9.61.